The molecule has 0 bridgehead atoms. The summed E-state index contributed by atoms with van der Waals surface area (Å²) in [7, 11) is 0. The van der Waals surface area contributed by atoms with Gasteiger partial charge in [0, 0.05) is 28.6 Å². The molecule has 3 heteroatoms. The fraction of sp³-hybridized carbons (Fsp3) is 0.0435. The van der Waals surface area contributed by atoms with Crippen LogP contribution in [0.5, 0.6) is 0 Å². The molecule has 4 aromatic rings. The predicted molar refractivity (Wildman–Crippen MR) is 111 cm³/mol. The number of benzene rings is 3. The third kappa shape index (κ3) is 3.20. The molecule has 0 radical (unpaired) electrons. The number of nitrogens with zero attached hydrogens (tertiary/aromatic N) is 1. The number of rotatable bonds is 1. The van der Waals surface area contributed by atoms with Gasteiger partial charge in [-0.05, 0) is 60.0 Å². The highest BCUT2D eigenvalue weighted by Crippen LogP contribution is 2.22. The van der Waals surface area contributed by atoms with E-state index < -0.39 is 0 Å². The Morgan fingerprint density at radius 3 is 2.38 bits per heavy atom. The van der Waals surface area contributed by atoms with Gasteiger partial charge in [-0.1, -0.05) is 42.5 Å². The van der Waals surface area contributed by atoms with Crippen LogP contribution in [0.25, 0.3) is 22.7 Å². The second kappa shape index (κ2) is 6.81. The van der Waals surface area contributed by atoms with Crippen LogP contribution in [0.2, 0.25) is 0 Å². The van der Waals surface area contributed by atoms with Crippen molar-refractivity contribution in [1.29, 1.82) is 0 Å². The van der Waals surface area contributed by atoms with Crippen LogP contribution >= 0.6 is 0 Å². The lowest BCUT2D eigenvalue weighted by Gasteiger charge is -2.05. The first kappa shape index (κ1) is 16.0. The summed E-state index contributed by atoms with van der Waals surface area (Å²) in [5, 5.41) is 1.21. The Labute approximate surface area is 153 Å². The highest BCUT2D eigenvalue weighted by Gasteiger charge is 2.03. The fourth-order valence-electron chi connectivity index (χ4n) is 3.24. The third-order valence-corrected chi connectivity index (χ3v) is 4.55. The second-order valence-electron chi connectivity index (χ2n) is 6.40. The molecule has 26 heavy (non-hydrogen) atoms. The Bertz CT molecular complexity index is 1080. The molecule has 0 unspecified atom stereocenters. The van der Waals surface area contributed by atoms with Crippen LogP contribution in [0.3, 0.4) is 0 Å². The molecule has 128 valence electrons. The Balaban J connectivity index is 0.000000144. The zero-order chi connectivity index (χ0) is 17.9. The van der Waals surface area contributed by atoms with Crippen molar-refractivity contribution >= 4 is 28.4 Å². The van der Waals surface area contributed by atoms with Gasteiger partial charge >= 0.3 is 0 Å². The lowest BCUT2D eigenvalue weighted by molar-refractivity contribution is 1.13. The normalized spacial score (nSPS) is 11.8. The minimum absolute atomic E-state index is 0.795. The first-order valence-corrected chi connectivity index (χ1v) is 8.68. The molecule has 0 aliphatic heterocycles. The van der Waals surface area contributed by atoms with Crippen molar-refractivity contribution in [3.05, 3.63) is 96.2 Å². The maximum atomic E-state index is 5.82. The number of hydrogen-bond acceptors (Lipinski definition) is 2. The molecule has 3 aromatic carbocycles. The van der Waals surface area contributed by atoms with E-state index in [1.165, 1.54) is 16.5 Å². The van der Waals surface area contributed by atoms with Gasteiger partial charge in [0.15, 0.2) is 0 Å². The SMILES string of the molecule is Nc1ccc2c(c1)CC=C2.Nc1ccc2ccn(-c3ccccc3)c2c1. The largest absolute Gasteiger partial charge is 0.399 e. The van der Waals surface area contributed by atoms with Gasteiger partial charge in [0.25, 0.3) is 0 Å². The highest BCUT2D eigenvalue weighted by atomic mass is 15.0. The van der Waals surface area contributed by atoms with Gasteiger partial charge in [-0.25, -0.2) is 0 Å². The standard InChI is InChI=1S/C14H12N2.C9H9N/c15-12-7-6-11-8-9-16(14(11)10-12)13-4-2-1-3-5-13;10-9-5-4-7-2-1-3-8(7)6-9/h1-10H,15H2;1-2,4-6H,3,10H2. The molecular formula is C23H21N3. The lowest BCUT2D eigenvalue weighted by atomic mass is 10.1. The number of allylic oxidation sites excluding steroid dienone is 1. The number of hydrogen-bond donors (Lipinski definition) is 2. The number of aromatic nitrogens is 1. The van der Waals surface area contributed by atoms with Crippen LogP contribution in [0.15, 0.2) is 85.1 Å². The minimum Gasteiger partial charge on any atom is -0.399 e. The van der Waals surface area contributed by atoms with E-state index in [4.69, 9.17) is 11.5 Å². The molecule has 4 N–H and O–H groups in total. The van der Waals surface area contributed by atoms with Gasteiger partial charge in [-0.15, -0.1) is 0 Å². The molecule has 0 saturated carbocycles. The minimum atomic E-state index is 0.795. The summed E-state index contributed by atoms with van der Waals surface area (Å²) in [5.74, 6) is 0. The van der Waals surface area contributed by atoms with E-state index in [1.807, 2.05) is 48.5 Å². The molecule has 0 atom stereocenters. The highest BCUT2D eigenvalue weighted by molar-refractivity contribution is 5.84. The third-order valence-electron chi connectivity index (χ3n) is 4.55. The van der Waals surface area contributed by atoms with E-state index in [1.54, 1.807) is 0 Å². The summed E-state index contributed by atoms with van der Waals surface area (Å²) in [6.45, 7) is 0. The van der Waals surface area contributed by atoms with Crippen molar-refractivity contribution in [3.63, 3.8) is 0 Å². The van der Waals surface area contributed by atoms with E-state index in [2.05, 4.69) is 47.2 Å². The van der Waals surface area contributed by atoms with Crippen LogP contribution in [-0.2, 0) is 6.42 Å². The summed E-state index contributed by atoms with van der Waals surface area (Å²) in [4.78, 5) is 0. The summed E-state index contributed by atoms with van der Waals surface area (Å²) >= 11 is 0. The zero-order valence-electron chi connectivity index (χ0n) is 14.5. The van der Waals surface area contributed by atoms with Crippen molar-refractivity contribution in [3.8, 4) is 5.69 Å². The average molecular weight is 339 g/mol. The Morgan fingerprint density at radius 1 is 0.769 bits per heavy atom. The van der Waals surface area contributed by atoms with Crippen LogP contribution in [0, 0.1) is 0 Å². The van der Waals surface area contributed by atoms with Crippen LogP contribution < -0.4 is 11.5 Å². The van der Waals surface area contributed by atoms with E-state index in [0.717, 1.165) is 29.0 Å². The molecule has 0 saturated heterocycles. The van der Waals surface area contributed by atoms with Gasteiger partial charge in [0.1, 0.15) is 0 Å². The summed E-state index contributed by atoms with van der Waals surface area (Å²) in [6, 6.07) is 24.4. The topological polar surface area (TPSA) is 57.0 Å². The monoisotopic (exact) mass is 339 g/mol. The van der Waals surface area contributed by atoms with Crippen molar-refractivity contribution in [2.75, 3.05) is 11.5 Å². The second-order valence-corrected chi connectivity index (χ2v) is 6.40. The van der Waals surface area contributed by atoms with E-state index in [0.29, 0.717) is 0 Å². The van der Waals surface area contributed by atoms with Crippen molar-refractivity contribution in [2.45, 2.75) is 6.42 Å². The molecule has 0 spiro atoms. The molecule has 1 aromatic heterocycles. The molecule has 1 aliphatic rings. The van der Waals surface area contributed by atoms with Crippen molar-refractivity contribution in [2.24, 2.45) is 0 Å². The molecule has 0 amide bonds. The molecule has 5 rings (SSSR count). The molecule has 0 fully saturated rings. The van der Waals surface area contributed by atoms with Crippen LogP contribution in [-0.4, -0.2) is 4.57 Å². The average Bonchev–Trinajstić information content (AvgIpc) is 3.29. The number of para-hydroxylation sites is 1. The number of nitrogen functional groups attached to an aromatic ring is 2. The van der Waals surface area contributed by atoms with Gasteiger partial charge in [0.2, 0.25) is 0 Å². The predicted octanol–water partition coefficient (Wildman–Crippen LogP) is 5.05. The lowest BCUT2D eigenvalue weighted by Crippen LogP contribution is -1.92. The summed E-state index contributed by atoms with van der Waals surface area (Å²) in [5.41, 5.74) is 18.0. The van der Waals surface area contributed by atoms with Crippen LogP contribution in [0.4, 0.5) is 11.4 Å². The molecule has 1 aliphatic carbocycles. The first-order valence-electron chi connectivity index (χ1n) is 8.68. The van der Waals surface area contributed by atoms with Gasteiger partial charge in [0.05, 0.1) is 5.52 Å². The first-order chi connectivity index (χ1) is 12.7. The Morgan fingerprint density at radius 2 is 1.54 bits per heavy atom. The number of nitrogens with two attached hydrogens (primary N) is 2. The number of anilines is 2. The van der Waals surface area contributed by atoms with Gasteiger partial charge < -0.3 is 16.0 Å². The van der Waals surface area contributed by atoms with E-state index >= 15 is 0 Å². The van der Waals surface area contributed by atoms with Crippen molar-refractivity contribution in [1.82, 2.24) is 4.57 Å². The zero-order valence-corrected chi connectivity index (χ0v) is 14.5. The summed E-state index contributed by atoms with van der Waals surface area (Å²) in [6.07, 6.45) is 7.40. The fourth-order valence-corrected chi connectivity index (χ4v) is 3.24. The smallest absolute Gasteiger partial charge is 0.0548 e. The van der Waals surface area contributed by atoms with E-state index in [9.17, 15) is 0 Å². The summed E-state index contributed by atoms with van der Waals surface area (Å²) < 4.78 is 2.14. The Kier molecular flexibility index (Phi) is 4.20. The Hall–Kier alpha value is -3.46. The molecule has 1 heterocycles. The maximum Gasteiger partial charge on any atom is 0.0548 e. The molecular weight excluding hydrogens is 318 g/mol. The number of fused-ring (bicyclic) bond motifs is 2. The molecule has 3 nitrogen and oxygen atoms in total. The van der Waals surface area contributed by atoms with Crippen molar-refractivity contribution < 1.29 is 0 Å². The maximum absolute atomic E-state index is 5.82. The quantitative estimate of drug-likeness (QED) is 0.477. The van der Waals surface area contributed by atoms with Gasteiger partial charge in [-0.3, -0.25) is 0 Å². The van der Waals surface area contributed by atoms with E-state index in [-0.39, 0.29) is 0 Å². The van der Waals surface area contributed by atoms with Crippen LogP contribution in [0.1, 0.15) is 11.1 Å². The van der Waals surface area contributed by atoms with Gasteiger partial charge in [-0.2, -0.15) is 0 Å².